The van der Waals surface area contributed by atoms with Gasteiger partial charge in [-0.25, -0.2) is 19.3 Å². The molecule has 0 saturated heterocycles. The van der Waals surface area contributed by atoms with Crippen LogP contribution in [-0.2, 0) is 9.59 Å². The van der Waals surface area contributed by atoms with E-state index in [-0.39, 0.29) is 4.91 Å². The summed E-state index contributed by atoms with van der Waals surface area (Å²) in [6.07, 6.45) is 3.15. The molecular weight excluding hydrogens is 355 g/mol. The molecule has 134 valence electrons. The number of hydrogen-bond donors (Lipinski definition) is 0. The van der Waals surface area contributed by atoms with Crippen LogP contribution in [0.25, 0.3) is 0 Å². The number of likely N-dealkylation sites (N-methyl/N-ethyl adjacent to an activating group) is 1. The molecule has 0 aliphatic carbocycles. The highest BCUT2D eigenvalue weighted by molar-refractivity contribution is 8.04. The average Bonchev–Trinajstić information content (AvgIpc) is 2.89. The van der Waals surface area contributed by atoms with E-state index < -0.39 is 17.6 Å². The van der Waals surface area contributed by atoms with Crippen molar-refractivity contribution >= 4 is 29.3 Å². The number of benzene rings is 1. The van der Waals surface area contributed by atoms with Crippen LogP contribution in [0.4, 0.5) is 10.1 Å². The summed E-state index contributed by atoms with van der Waals surface area (Å²) in [5, 5.41) is 0.384. The van der Waals surface area contributed by atoms with Gasteiger partial charge in [0.1, 0.15) is 16.4 Å². The van der Waals surface area contributed by atoms with Gasteiger partial charge >= 0.3 is 0 Å². The Bertz CT molecular complexity index is 851. The number of carbonyl (C=O) groups is 2. The summed E-state index contributed by atoms with van der Waals surface area (Å²) in [7, 11) is 0. The third kappa shape index (κ3) is 3.32. The molecule has 1 aliphatic heterocycles. The highest BCUT2D eigenvalue weighted by Crippen LogP contribution is 2.37. The minimum Gasteiger partial charge on any atom is -0.367 e. The Kier molecular flexibility index (Phi) is 5.32. The van der Waals surface area contributed by atoms with Crippen LogP contribution in [0.15, 0.2) is 58.5 Å². The van der Waals surface area contributed by atoms with Gasteiger partial charge in [-0.1, -0.05) is 0 Å². The molecule has 0 saturated carbocycles. The van der Waals surface area contributed by atoms with Crippen molar-refractivity contribution in [3.63, 3.8) is 0 Å². The molecule has 2 aromatic rings. The van der Waals surface area contributed by atoms with E-state index in [1.807, 2.05) is 18.7 Å². The molecule has 6 nitrogen and oxygen atoms in total. The van der Waals surface area contributed by atoms with E-state index >= 15 is 0 Å². The van der Waals surface area contributed by atoms with E-state index in [2.05, 4.69) is 9.97 Å². The SMILES string of the molecule is CCN(CC)C1=C(Sc2ncccn2)C(=O)N(c2ccc(F)cc2)C1=O. The van der Waals surface area contributed by atoms with Gasteiger partial charge < -0.3 is 4.90 Å². The maximum atomic E-state index is 13.2. The lowest BCUT2D eigenvalue weighted by Crippen LogP contribution is -2.35. The van der Waals surface area contributed by atoms with Crippen molar-refractivity contribution in [3.05, 3.63) is 59.1 Å². The summed E-state index contributed by atoms with van der Waals surface area (Å²) < 4.78 is 13.2. The molecule has 3 rings (SSSR count). The predicted molar refractivity (Wildman–Crippen MR) is 96.7 cm³/mol. The van der Waals surface area contributed by atoms with E-state index in [4.69, 9.17) is 0 Å². The molecule has 8 heteroatoms. The highest BCUT2D eigenvalue weighted by atomic mass is 32.2. The second-order valence-corrected chi connectivity index (χ2v) is 6.38. The van der Waals surface area contributed by atoms with E-state index in [0.717, 1.165) is 16.7 Å². The number of carbonyl (C=O) groups excluding carboxylic acids is 2. The lowest BCUT2D eigenvalue weighted by atomic mass is 10.3. The molecule has 2 amide bonds. The van der Waals surface area contributed by atoms with Crippen molar-refractivity contribution in [1.82, 2.24) is 14.9 Å². The van der Waals surface area contributed by atoms with Crippen LogP contribution in [0.3, 0.4) is 0 Å². The summed E-state index contributed by atoms with van der Waals surface area (Å²) in [6.45, 7) is 4.97. The van der Waals surface area contributed by atoms with Gasteiger partial charge in [-0.05, 0) is 55.9 Å². The number of rotatable bonds is 6. The maximum absolute atomic E-state index is 13.2. The Morgan fingerprint density at radius 2 is 1.65 bits per heavy atom. The highest BCUT2D eigenvalue weighted by Gasteiger charge is 2.42. The van der Waals surface area contributed by atoms with Gasteiger partial charge in [0, 0.05) is 25.5 Å². The molecule has 0 bridgehead atoms. The quantitative estimate of drug-likeness (QED) is 0.574. The van der Waals surface area contributed by atoms with Crippen LogP contribution in [0.1, 0.15) is 13.8 Å². The Morgan fingerprint density at radius 3 is 2.23 bits per heavy atom. The first-order chi connectivity index (χ1) is 12.6. The van der Waals surface area contributed by atoms with Crippen molar-refractivity contribution < 1.29 is 14.0 Å². The van der Waals surface area contributed by atoms with Gasteiger partial charge in [-0.2, -0.15) is 0 Å². The molecule has 1 aromatic heterocycles. The minimum absolute atomic E-state index is 0.272. The second kappa shape index (κ2) is 7.65. The lowest BCUT2D eigenvalue weighted by Gasteiger charge is -2.22. The van der Waals surface area contributed by atoms with Crippen molar-refractivity contribution in [2.24, 2.45) is 0 Å². The number of amides is 2. The van der Waals surface area contributed by atoms with Crippen LogP contribution in [0, 0.1) is 5.82 Å². The standard InChI is InChI=1S/C18H17FN4O2S/c1-3-22(4-2)14-15(26-18-20-10-5-11-21-18)17(25)23(16(14)24)13-8-6-12(19)7-9-13/h5-11H,3-4H2,1-2H3. The number of imide groups is 1. The van der Waals surface area contributed by atoms with Gasteiger partial charge in [-0.3, -0.25) is 9.59 Å². The van der Waals surface area contributed by atoms with Gasteiger partial charge in [0.05, 0.1) is 5.69 Å². The van der Waals surface area contributed by atoms with Crippen LogP contribution in [0.5, 0.6) is 0 Å². The Labute approximate surface area is 154 Å². The number of anilines is 1. The van der Waals surface area contributed by atoms with E-state index in [9.17, 15) is 14.0 Å². The number of aromatic nitrogens is 2. The molecule has 0 spiro atoms. The predicted octanol–water partition coefficient (Wildman–Crippen LogP) is 2.83. The van der Waals surface area contributed by atoms with E-state index in [0.29, 0.717) is 29.6 Å². The van der Waals surface area contributed by atoms with Crippen LogP contribution in [0.2, 0.25) is 0 Å². The van der Waals surface area contributed by atoms with Crippen molar-refractivity contribution in [2.45, 2.75) is 19.0 Å². The van der Waals surface area contributed by atoms with Gasteiger partial charge in [0.25, 0.3) is 11.8 Å². The largest absolute Gasteiger partial charge is 0.367 e. The first-order valence-corrected chi connectivity index (χ1v) is 8.96. The molecule has 0 radical (unpaired) electrons. The van der Waals surface area contributed by atoms with Gasteiger partial charge in [-0.15, -0.1) is 0 Å². The summed E-state index contributed by atoms with van der Waals surface area (Å²) in [5.74, 6) is -1.32. The molecule has 0 unspecified atom stereocenters. The average molecular weight is 372 g/mol. The first-order valence-electron chi connectivity index (χ1n) is 8.15. The van der Waals surface area contributed by atoms with E-state index in [1.54, 1.807) is 18.5 Å². The fraction of sp³-hybridized carbons (Fsp3) is 0.222. The number of hydrogen-bond acceptors (Lipinski definition) is 6. The third-order valence-electron chi connectivity index (χ3n) is 3.92. The molecule has 0 N–H and O–H groups in total. The van der Waals surface area contributed by atoms with Crippen LogP contribution >= 0.6 is 11.8 Å². The summed E-state index contributed by atoms with van der Waals surface area (Å²) in [6, 6.07) is 6.95. The van der Waals surface area contributed by atoms with E-state index in [1.165, 1.54) is 24.3 Å². The topological polar surface area (TPSA) is 66.4 Å². The van der Waals surface area contributed by atoms with Crippen LogP contribution < -0.4 is 4.90 Å². The molecule has 1 aliphatic rings. The molecule has 2 heterocycles. The minimum atomic E-state index is -0.457. The van der Waals surface area contributed by atoms with Crippen molar-refractivity contribution in [2.75, 3.05) is 18.0 Å². The summed E-state index contributed by atoms with van der Waals surface area (Å²) in [5.41, 5.74) is 0.650. The maximum Gasteiger partial charge on any atom is 0.283 e. The zero-order valence-corrected chi connectivity index (χ0v) is 15.2. The monoisotopic (exact) mass is 372 g/mol. The molecule has 0 fully saturated rings. The zero-order chi connectivity index (χ0) is 18.7. The smallest absolute Gasteiger partial charge is 0.283 e. The Morgan fingerprint density at radius 1 is 1.04 bits per heavy atom. The first kappa shape index (κ1) is 18.1. The molecule has 1 aromatic carbocycles. The fourth-order valence-electron chi connectivity index (χ4n) is 2.66. The second-order valence-electron chi connectivity index (χ2n) is 5.41. The van der Waals surface area contributed by atoms with Gasteiger partial charge in [0.2, 0.25) is 0 Å². The van der Waals surface area contributed by atoms with Crippen molar-refractivity contribution in [3.8, 4) is 0 Å². The van der Waals surface area contributed by atoms with Crippen LogP contribution in [-0.4, -0.2) is 39.8 Å². The summed E-state index contributed by atoms with van der Waals surface area (Å²) >= 11 is 1.06. The normalized spacial score (nSPS) is 14.3. The number of thioether (sulfide) groups is 1. The Hall–Kier alpha value is -2.74. The molecular formula is C18H17FN4O2S. The zero-order valence-electron chi connectivity index (χ0n) is 14.3. The molecule has 0 atom stereocenters. The van der Waals surface area contributed by atoms with Crippen molar-refractivity contribution in [1.29, 1.82) is 0 Å². The number of halogens is 1. The summed E-state index contributed by atoms with van der Waals surface area (Å²) in [4.78, 5) is 37.4. The number of nitrogens with zero attached hydrogens (tertiary/aromatic N) is 4. The lowest BCUT2D eigenvalue weighted by molar-refractivity contribution is -0.121. The fourth-order valence-corrected chi connectivity index (χ4v) is 3.56. The Balaban J connectivity index is 2.04. The third-order valence-corrected chi connectivity index (χ3v) is 4.88. The van der Waals surface area contributed by atoms with Gasteiger partial charge in [0.15, 0.2) is 5.16 Å². The molecule has 26 heavy (non-hydrogen) atoms.